The van der Waals surface area contributed by atoms with Gasteiger partial charge >= 0.3 is 0 Å². The van der Waals surface area contributed by atoms with Crippen molar-refractivity contribution in [3.63, 3.8) is 0 Å². The topological polar surface area (TPSA) is 70.2 Å². The third-order valence-corrected chi connectivity index (χ3v) is 4.72. The zero-order chi connectivity index (χ0) is 16.5. The lowest BCUT2D eigenvalue weighted by atomic mass is 10.1. The number of hydrogen-bond donors (Lipinski definition) is 2. The molecule has 0 aliphatic carbocycles. The Kier molecular flexibility index (Phi) is 4.26. The fourth-order valence-electron chi connectivity index (χ4n) is 3.15. The van der Waals surface area contributed by atoms with Crippen LogP contribution in [0.2, 0.25) is 5.02 Å². The van der Waals surface area contributed by atoms with Crippen LogP contribution >= 0.6 is 11.6 Å². The highest BCUT2D eigenvalue weighted by Gasteiger charge is 2.30. The van der Waals surface area contributed by atoms with E-state index in [0.717, 1.165) is 35.7 Å². The smallest absolute Gasteiger partial charge is 0.253 e. The van der Waals surface area contributed by atoms with E-state index in [9.17, 15) is 4.79 Å². The SMILES string of the molecule is O=C([C@H]1CNCCO1)N1CCc2nc(-c3ccc(Cl)cc3)[nH]c2C1. The van der Waals surface area contributed by atoms with Gasteiger partial charge in [-0.05, 0) is 24.3 Å². The number of hydrogen-bond acceptors (Lipinski definition) is 4. The van der Waals surface area contributed by atoms with Gasteiger partial charge in [0, 0.05) is 36.6 Å². The minimum atomic E-state index is -0.376. The van der Waals surface area contributed by atoms with Crippen molar-refractivity contribution in [1.82, 2.24) is 20.2 Å². The molecule has 0 bridgehead atoms. The Morgan fingerprint density at radius 2 is 2.17 bits per heavy atom. The van der Waals surface area contributed by atoms with Crippen LogP contribution in [0.1, 0.15) is 11.4 Å². The molecule has 3 heterocycles. The Balaban J connectivity index is 1.50. The number of rotatable bonds is 2. The van der Waals surface area contributed by atoms with Crippen molar-refractivity contribution < 1.29 is 9.53 Å². The third-order valence-electron chi connectivity index (χ3n) is 4.46. The number of benzene rings is 1. The van der Waals surface area contributed by atoms with Gasteiger partial charge in [0.2, 0.25) is 0 Å². The Labute approximate surface area is 145 Å². The Morgan fingerprint density at radius 3 is 2.92 bits per heavy atom. The summed E-state index contributed by atoms with van der Waals surface area (Å²) in [6, 6.07) is 7.58. The summed E-state index contributed by atoms with van der Waals surface area (Å²) < 4.78 is 5.57. The second-order valence-corrected chi connectivity index (χ2v) is 6.53. The number of carbonyl (C=O) groups is 1. The summed E-state index contributed by atoms with van der Waals surface area (Å²) in [5.74, 6) is 0.872. The van der Waals surface area contributed by atoms with Gasteiger partial charge in [0.15, 0.2) is 0 Å². The molecule has 1 aromatic heterocycles. The van der Waals surface area contributed by atoms with E-state index in [1.54, 1.807) is 0 Å². The molecule has 1 fully saturated rings. The maximum Gasteiger partial charge on any atom is 0.253 e. The molecule has 2 aromatic rings. The molecule has 24 heavy (non-hydrogen) atoms. The number of H-pyrrole nitrogens is 1. The number of fused-ring (bicyclic) bond motifs is 1. The lowest BCUT2D eigenvalue weighted by Gasteiger charge is -2.31. The molecule has 126 valence electrons. The molecule has 1 aromatic carbocycles. The average Bonchev–Trinajstić information content (AvgIpc) is 3.05. The molecule has 7 heteroatoms. The first-order valence-corrected chi connectivity index (χ1v) is 8.53. The number of ether oxygens (including phenoxy) is 1. The maximum absolute atomic E-state index is 12.6. The van der Waals surface area contributed by atoms with Gasteiger partial charge in [0.05, 0.1) is 24.5 Å². The molecule has 0 saturated carbocycles. The van der Waals surface area contributed by atoms with Gasteiger partial charge in [0.1, 0.15) is 11.9 Å². The van der Waals surface area contributed by atoms with Crippen molar-refractivity contribution in [2.45, 2.75) is 19.1 Å². The van der Waals surface area contributed by atoms with Crippen LogP contribution in [0, 0.1) is 0 Å². The Bertz CT molecular complexity index is 738. The van der Waals surface area contributed by atoms with Crippen molar-refractivity contribution >= 4 is 17.5 Å². The average molecular weight is 347 g/mol. The number of aromatic nitrogens is 2. The molecule has 1 atom stereocenters. The Hall–Kier alpha value is -1.89. The van der Waals surface area contributed by atoms with Gasteiger partial charge in [-0.1, -0.05) is 11.6 Å². The fraction of sp³-hybridized carbons (Fsp3) is 0.412. The zero-order valence-electron chi connectivity index (χ0n) is 13.2. The van der Waals surface area contributed by atoms with Crippen LogP contribution in [0.25, 0.3) is 11.4 Å². The van der Waals surface area contributed by atoms with Gasteiger partial charge in [-0.2, -0.15) is 0 Å². The summed E-state index contributed by atoms with van der Waals surface area (Å²) >= 11 is 5.94. The molecule has 1 amide bonds. The predicted octanol–water partition coefficient (Wildman–Crippen LogP) is 1.60. The fourth-order valence-corrected chi connectivity index (χ4v) is 3.28. The van der Waals surface area contributed by atoms with Gasteiger partial charge in [-0.15, -0.1) is 0 Å². The Morgan fingerprint density at radius 1 is 1.33 bits per heavy atom. The lowest BCUT2D eigenvalue weighted by molar-refractivity contribution is -0.146. The minimum Gasteiger partial charge on any atom is -0.366 e. The monoisotopic (exact) mass is 346 g/mol. The van der Waals surface area contributed by atoms with Crippen LogP contribution in [-0.2, 0) is 22.5 Å². The van der Waals surface area contributed by atoms with Crippen LogP contribution in [0.15, 0.2) is 24.3 Å². The zero-order valence-corrected chi connectivity index (χ0v) is 14.0. The van der Waals surface area contributed by atoms with Gasteiger partial charge in [-0.25, -0.2) is 4.98 Å². The van der Waals surface area contributed by atoms with Crippen molar-refractivity contribution in [3.8, 4) is 11.4 Å². The number of halogens is 1. The van der Waals surface area contributed by atoms with Crippen molar-refractivity contribution in [2.75, 3.05) is 26.2 Å². The second-order valence-electron chi connectivity index (χ2n) is 6.09. The number of carbonyl (C=O) groups excluding carboxylic acids is 1. The molecule has 6 nitrogen and oxygen atoms in total. The van der Waals surface area contributed by atoms with E-state index < -0.39 is 0 Å². The molecule has 2 N–H and O–H groups in total. The molecule has 2 aliphatic rings. The van der Waals surface area contributed by atoms with E-state index in [2.05, 4.69) is 15.3 Å². The summed E-state index contributed by atoms with van der Waals surface area (Å²) in [6.45, 7) is 3.20. The van der Waals surface area contributed by atoms with Gasteiger partial charge < -0.3 is 19.9 Å². The normalized spacial score (nSPS) is 20.7. The number of imidazole rings is 1. The largest absolute Gasteiger partial charge is 0.366 e. The van der Waals surface area contributed by atoms with E-state index in [4.69, 9.17) is 16.3 Å². The first-order chi connectivity index (χ1) is 11.7. The number of amides is 1. The van der Waals surface area contributed by atoms with Crippen LogP contribution in [0.4, 0.5) is 0 Å². The van der Waals surface area contributed by atoms with Gasteiger partial charge in [-0.3, -0.25) is 4.79 Å². The molecular formula is C17H19ClN4O2. The van der Waals surface area contributed by atoms with Crippen LogP contribution in [0.3, 0.4) is 0 Å². The van der Waals surface area contributed by atoms with E-state index in [1.807, 2.05) is 29.2 Å². The molecule has 0 spiro atoms. The highest BCUT2D eigenvalue weighted by Crippen LogP contribution is 2.24. The van der Waals surface area contributed by atoms with Crippen molar-refractivity contribution in [1.29, 1.82) is 0 Å². The van der Waals surface area contributed by atoms with Crippen molar-refractivity contribution in [2.24, 2.45) is 0 Å². The first-order valence-electron chi connectivity index (χ1n) is 8.15. The molecule has 2 aliphatic heterocycles. The summed E-state index contributed by atoms with van der Waals surface area (Å²) in [7, 11) is 0. The standard InChI is InChI=1S/C17H19ClN4O2/c18-12-3-1-11(2-4-12)16-20-13-5-7-22(10-14(13)21-16)17(23)15-9-19-6-8-24-15/h1-4,15,19H,5-10H2,(H,20,21)/t15-/m1/s1. The highest BCUT2D eigenvalue weighted by atomic mass is 35.5. The van der Waals surface area contributed by atoms with E-state index in [-0.39, 0.29) is 12.0 Å². The van der Waals surface area contributed by atoms with E-state index >= 15 is 0 Å². The summed E-state index contributed by atoms with van der Waals surface area (Å²) in [5, 5.41) is 3.90. The van der Waals surface area contributed by atoms with Crippen LogP contribution in [0.5, 0.6) is 0 Å². The number of morpholine rings is 1. The predicted molar refractivity (Wildman–Crippen MR) is 90.8 cm³/mol. The second kappa shape index (κ2) is 6.55. The quantitative estimate of drug-likeness (QED) is 0.866. The molecular weight excluding hydrogens is 328 g/mol. The van der Waals surface area contributed by atoms with Crippen LogP contribution < -0.4 is 5.32 Å². The molecule has 0 unspecified atom stereocenters. The number of nitrogens with zero attached hydrogens (tertiary/aromatic N) is 2. The highest BCUT2D eigenvalue weighted by molar-refractivity contribution is 6.30. The molecule has 4 rings (SSSR count). The van der Waals surface area contributed by atoms with E-state index in [0.29, 0.717) is 31.3 Å². The summed E-state index contributed by atoms with van der Waals surface area (Å²) in [5.41, 5.74) is 3.03. The number of aromatic amines is 1. The van der Waals surface area contributed by atoms with Crippen LogP contribution in [-0.4, -0.2) is 53.1 Å². The van der Waals surface area contributed by atoms with Gasteiger partial charge in [0.25, 0.3) is 5.91 Å². The van der Waals surface area contributed by atoms with E-state index in [1.165, 1.54) is 0 Å². The molecule has 0 radical (unpaired) electrons. The minimum absolute atomic E-state index is 0.0514. The maximum atomic E-state index is 12.6. The lowest BCUT2D eigenvalue weighted by Crippen LogP contribution is -2.50. The van der Waals surface area contributed by atoms with Crippen molar-refractivity contribution in [3.05, 3.63) is 40.7 Å². The first kappa shape index (κ1) is 15.6. The summed E-state index contributed by atoms with van der Waals surface area (Å²) in [6.07, 6.45) is 0.379. The summed E-state index contributed by atoms with van der Waals surface area (Å²) in [4.78, 5) is 22.5. The molecule has 1 saturated heterocycles. The third kappa shape index (κ3) is 3.05. The number of nitrogens with one attached hydrogen (secondary N) is 2.